The van der Waals surface area contributed by atoms with Crippen molar-refractivity contribution in [2.75, 3.05) is 6.61 Å². The lowest BCUT2D eigenvalue weighted by atomic mass is 9.68. The third-order valence-electron chi connectivity index (χ3n) is 5.65. The lowest BCUT2D eigenvalue weighted by Gasteiger charge is -2.37. The summed E-state index contributed by atoms with van der Waals surface area (Å²) < 4.78 is 0. The minimum Gasteiger partial charge on any atom is -0.509 e. The lowest BCUT2D eigenvalue weighted by Crippen LogP contribution is -2.47. The Bertz CT molecular complexity index is 924. The SMILES string of the molecule is CC(C)c1ccc(C2C(=C(O)[C@H](O)[C@@H](O)[C@H](O)[C@H](O)CO)c3ccc(Cl)cc32)cc1. The van der Waals surface area contributed by atoms with Gasteiger partial charge in [0.1, 0.15) is 30.2 Å². The molecule has 6 N–H and O–H groups in total. The third kappa shape index (κ3) is 4.12. The standard InChI is InChI=1S/C23H27ClO6/c1-11(2)12-3-5-13(6-4-12)18-16-9-14(24)7-8-15(16)19(18)21(28)23(30)22(29)20(27)17(26)10-25/h3-9,11,17-18,20,22-23,25-30H,10H2,1-2H3/t17-,18?,20-,22+,23+/m1/s1. The fraction of sp³-hybridized carbons (Fsp3) is 0.391. The Labute approximate surface area is 180 Å². The molecular formula is C23H27ClO6. The number of aliphatic hydroxyl groups excluding tert-OH is 6. The average molecular weight is 435 g/mol. The van der Waals surface area contributed by atoms with E-state index in [1.807, 2.05) is 24.3 Å². The summed E-state index contributed by atoms with van der Waals surface area (Å²) >= 11 is 6.15. The summed E-state index contributed by atoms with van der Waals surface area (Å²) in [5.41, 5.74) is 4.01. The van der Waals surface area contributed by atoms with Gasteiger partial charge in [-0.3, -0.25) is 0 Å². The molecule has 0 spiro atoms. The number of aliphatic hydroxyl groups is 6. The summed E-state index contributed by atoms with van der Waals surface area (Å²) in [6.45, 7) is 3.39. The van der Waals surface area contributed by atoms with Gasteiger partial charge >= 0.3 is 0 Å². The molecule has 1 aliphatic rings. The first kappa shape index (κ1) is 22.7. The molecular weight excluding hydrogens is 408 g/mol. The van der Waals surface area contributed by atoms with Crippen LogP contribution in [0, 0.1) is 0 Å². The van der Waals surface area contributed by atoms with E-state index in [9.17, 15) is 25.5 Å². The van der Waals surface area contributed by atoms with Gasteiger partial charge in [-0.2, -0.15) is 0 Å². The first-order chi connectivity index (χ1) is 14.2. The van der Waals surface area contributed by atoms with Crippen LogP contribution in [-0.4, -0.2) is 61.7 Å². The monoisotopic (exact) mass is 434 g/mol. The molecule has 7 heteroatoms. The van der Waals surface area contributed by atoms with Crippen molar-refractivity contribution in [3.8, 4) is 0 Å². The summed E-state index contributed by atoms with van der Waals surface area (Å²) in [4.78, 5) is 0. The van der Waals surface area contributed by atoms with Crippen molar-refractivity contribution in [2.45, 2.75) is 50.1 Å². The zero-order valence-electron chi connectivity index (χ0n) is 16.8. The van der Waals surface area contributed by atoms with E-state index in [-0.39, 0.29) is 5.92 Å². The fourth-order valence-electron chi connectivity index (χ4n) is 3.80. The average Bonchev–Trinajstić information content (AvgIpc) is 2.73. The van der Waals surface area contributed by atoms with Gasteiger partial charge < -0.3 is 30.6 Å². The Morgan fingerprint density at radius 3 is 2.17 bits per heavy atom. The number of halogens is 1. The quantitative estimate of drug-likeness (QED) is 0.372. The molecule has 0 saturated carbocycles. The summed E-state index contributed by atoms with van der Waals surface area (Å²) in [5, 5.41) is 60.4. The van der Waals surface area contributed by atoms with Crippen LogP contribution in [0.2, 0.25) is 5.02 Å². The van der Waals surface area contributed by atoms with Gasteiger partial charge in [0, 0.05) is 16.5 Å². The van der Waals surface area contributed by atoms with Crippen LogP contribution >= 0.6 is 11.6 Å². The Balaban J connectivity index is 2.02. The summed E-state index contributed by atoms with van der Waals surface area (Å²) in [6.07, 6.45) is -7.22. The van der Waals surface area contributed by atoms with E-state index >= 15 is 0 Å². The normalized spacial score (nSPS) is 21.4. The van der Waals surface area contributed by atoms with E-state index in [0.29, 0.717) is 22.1 Å². The first-order valence-electron chi connectivity index (χ1n) is 9.83. The maximum absolute atomic E-state index is 10.8. The molecule has 30 heavy (non-hydrogen) atoms. The molecule has 0 aromatic heterocycles. The smallest absolute Gasteiger partial charge is 0.139 e. The largest absolute Gasteiger partial charge is 0.509 e. The predicted octanol–water partition coefficient (Wildman–Crippen LogP) is 2.31. The number of hydrogen-bond donors (Lipinski definition) is 6. The molecule has 1 aliphatic carbocycles. The molecule has 5 atom stereocenters. The van der Waals surface area contributed by atoms with E-state index in [2.05, 4.69) is 13.8 Å². The van der Waals surface area contributed by atoms with E-state index < -0.39 is 36.8 Å². The second-order valence-corrected chi connectivity index (χ2v) is 8.40. The number of benzene rings is 2. The molecule has 0 amide bonds. The molecule has 0 fully saturated rings. The van der Waals surface area contributed by atoms with Crippen LogP contribution < -0.4 is 0 Å². The topological polar surface area (TPSA) is 121 Å². The second kappa shape index (κ2) is 9.06. The maximum Gasteiger partial charge on any atom is 0.139 e. The van der Waals surface area contributed by atoms with Crippen molar-refractivity contribution in [3.63, 3.8) is 0 Å². The predicted molar refractivity (Wildman–Crippen MR) is 114 cm³/mol. The number of hydrogen-bond acceptors (Lipinski definition) is 6. The van der Waals surface area contributed by atoms with Crippen LogP contribution in [0.15, 0.2) is 48.2 Å². The van der Waals surface area contributed by atoms with Gasteiger partial charge in [0.2, 0.25) is 0 Å². The highest BCUT2D eigenvalue weighted by atomic mass is 35.5. The second-order valence-electron chi connectivity index (χ2n) is 7.96. The highest BCUT2D eigenvalue weighted by molar-refractivity contribution is 6.30. The van der Waals surface area contributed by atoms with Crippen molar-refractivity contribution >= 4 is 17.2 Å². The van der Waals surface area contributed by atoms with Gasteiger partial charge in [-0.1, -0.05) is 55.8 Å². The van der Waals surface area contributed by atoms with Crippen molar-refractivity contribution < 1.29 is 30.6 Å². The lowest BCUT2D eigenvalue weighted by molar-refractivity contribution is -0.112. The summed E-state index contributed by atoms with van der Waals surface area (Å²) in [7, 11) is 0. The van der Waals surface area contributed by atoms with Crippen molar-refractivity contribution in [1.82, 2.24) is 0 Å². The fourth-order valence-corrected chi connectivity index (χ4v) is 3.98. The Kier molecular flexibility index (Phi) is 6.87. The molecule has 0 saturated heterocycles. The summed E-state index contributed by atoms with van der Waals surface area (Å²) in [6, 6.07) is 13.1. The molecule has 0 bridgehead atoms. The highest BCUT2D eigenvalue weighted by Crippen LogP contribution is 2.52. The minimum absolute atomic E-state index is 0.363. The van der Waals surface area contributed by atoms with E-state index in [1.165, 1.54) is 0 Å². The third-order valence-corrected chi connectivity index (χ3v) is 5.89. The minimum atomic E-state index is -1.89. The van der Waals surface area contributed by atoms with E-state index in [1.54, 1.807) is 18.2 Å². The van der Waals surface area contributed by atoms with Crippen molar-refractivity contribution in [3.05, 3.63) is 75.5 Å². The number of allylic oxidation sites excluding steroid dienone is 1. The van der Waals surface area contributed by atoms with Crippen molar-refractivity contribution in [1.29, 1.82) is 0 Å². The van der Waals surface area contributed by atoms with Crippen LogP contribution in [0.5, 0.6) is 0 Å². The first-order valence-corrected chi connectivity index (χ1v) is 10.2. The molecule has 0 radical (unpaired) electrons. The molecule has 1 unspecified atom stereocenters. The Hall–Kier alpha value is -1.93. The maximum atomic E-state index is 10.8. The van der Waals surface area contributed by atoms with Gasteiger partial charge in [-0.15, -0.1) is 0 Å². The zero-order chi connectivity index (χ0) is 22.2. The van der Waals surface area contributed by atoms with Crippen LogP contribution in [0.25, 0.3) is 5.57 Å². The van der Waals surface area contributed by atoms with Crippen LogP contribution in [0.3, 0.4) is 0 Å². The number of rotatable bonds is 7. The van der Waals surface area contributed by atoms with Gasteiger partial charge in [0.05, 0.1) is 6.61 Å². The van der Waals surface area contributed by atoms with Crippen molar-refractivity contribution in [2.24, 2.45) is 0 Å². The molecule has 0 heterocycles. The van der Waals surface area contributed by atoms with Gasteiger partial charge in [0.15, 0.2) is 0 Å². The molecule has 6 nitrogen and oxygen atoms in total. The Morgan fingerprint density at radius 1 is 0.967 bits per heavy atom. The summed E-state index contributed by atoms with van der Waals surface area (Å²) in [5.74, 6) is -0.511. The van der Waals surface area contributed by atoms with Gasteiger partial charge in [-0.25, -0.2) is 0 Å². The van der Waals surface area contributed by atoms with E-state index in [4.69, 9.17) is 16.7 Å². The molecule has 2 aromatic rings. The van der Waals surface area contributed by atoms with Crippen LogP contribution in [0.4, 0.5) is 0 Å². The van der Waals surface area contributed by atoms with E-state index in [0.717, 1.165) is 16.7 Å². The molecule has 0 aliphatic heterocycles. The van der Waals surface area contributed by atoms with Gasteiger partial charge in [-0.05, 0) is 40.3 Å². The molecule has 2 aromatic carbocycles. The molecule has 162 valence electrons. The Morgan fingerprint density at radius 2 is 1.60 bits per heavy atom. The van der Waals surface area contributed by atoms with Gasteiger partial charge in [0.25, 0.3) is 0 Å². The zero-order valence-corrected chi connectivity index (χ0v) is 17.5. The molecule has 3 rings (SSSR count). The number of fused-ring (bicyclic) bond motifs is 1. The van der Waals surface area contributed by atoms with Crippen LogP contribution in [-0.2, 0) is 0 Å². The van der Waals surface area contributed by atoms with Crippen LogP contribution in [0.1, 0.15) is 47.9 Å². The highest BCUT2D eigenvalue weighted by Gasteiger charge is 2.40.